The van der Waals surface area contributed by atoms with Crippen LogP contribution in [0.5, 0.6) is 11.5 Å². The average Bonchev–Trinajstić information content (AvgIpc) is 2.72. The van der Waals surface area contributed by atoms with E-state index in [4.69, 9.17) is 14.2 Å². The van der Waals surface area contributed by atoms with E-state index >= 15 is 0 Å². The molecule has 2 rings (SSSR count). The van der Waals surface area contributed by atoms with Gasteiger partial charge < -0.3 is 24.4 Å². The summed E-state index contributed by atoms with van der Waals surface area (Å²) in [6.07, 6.45) is 1.20. The normalized spacial score (nSPS) is 12.0. The number of hydrogen-bond acceptors (Lipinski definition) is 8. The number of ether oxygens (including phenoxy) is 3. The standard InChI is InChI=1S/C21H28N2O6/c1-5-28-20-17(18(24)19(20)25)22-16(21(26)27-4)13-14-7-9-15(10-8-14)29-12-6-11-23(2)3/h7-10,16,22H,5-6,11-13H2,1-4H3/t16-/m0/s1. The minimum absolute atomic E-state index is 0.0214. The van der Waals surface area contributed by atoms with E-state index in [1.807, 2.05) is 38.4 Å². The van der Waals surface area contributed by atoms with Crippen molar-refractivity contribution in [3.63, 3.8) is 0 Å². The Kier molecular flexibility index (Phi) is 8.21. The fraction of sp³-hybridized carbons (Fsp3) is 0.476. The quantitative estimate of drug-likeness (QED) is 0.321. The molecule has 0 bridgehead atoms. The van der Waals surface area contributed by atoms with E-state index in [9.17, 15) is 14.4 Å². The average molecular weight is 404 g/mol. The number of carbonyl (C=O) groups is 1. The maximum absolute atomic E-state index is 12.2. The van der Waals surface area contributed by atoms with Gasteiger partial charge in [-0.05, 0) is 45.1 Å². The van der Waals surface area contributed by atoms with E-state index in [1.165, 1.54) is 7.11 Å². The minimum atomic E-state index is -0.825. The number of hydrogen-bond donors (Lipinski definition) is 1. The molecule has 8 nitrogen and oxygen atoms in total. The monoisotopic (exact) mass is 404 g/mol. The summed E-state index contributed by atoms with van der Waals surface area (Å²) in [6, 6.07) is 6.55. The van der Waals surface area contributed by atoms with Crippen molar-refractivity contribution in [3.8, 4) is 11.5 Å². The van der Waals surface area contributed by atoms with Crippen molar-refractivity contribution in [3.05, 3.63) is 50.3 Å². The van der Waals surface area contributed by atoms with E-state index in [0.29, 0.717) is 6.61 Å². The molecule has 0 spiro atoms. The number of methoxy groups -OCH3 is 1. The fourth-order valence-corrected chi connectivity index (χ4v) is 2.82. The minimum Gasteiger partial charge on any atom is -0.494 e. The first-order valence-electron chi connectivity index (χ1n) is 9.54. The lowest BCUT2D eigenvalue weighted by atomic mass is 10.0. The highest BCUT2D eigenvalue weighted by Gasteiger charge is 2.28. The van der Waals surface area contributed by atoms with E-state index in [1.54, 1.807) is 6.92 Å². The van der Waals surface area contributed by atoms with Gasteiger partial charge in [0.15, 0.2) is 5.75 Å². The van der Waals surface area contributed by atoms with Crippen LogP contribution in [0.2, 0.25) is 0 Å². The number of nitrogens with zero attached hydrogens (tertiary/aromatic N) is 1. The Bertz CT molecular complexity index is 868. The predicted molar refractivity (Wildman–Crippen MR) is 111 cm³/mol. The largest absolute Gasteiger partial charge is 0.494 e. The molecule has 0 aromatic heterocycles. The second-order valence-electron chi connectivity index (χ2n) is 6.87. The van der Waals surface area contributed by atoms with Gasteiger partial charge in [0, 0.05) is 13.0 Å². The summed E-state index contributed by atoms with van der Waals surface area (Å²) < 4.78 is 15.7. The molecule has 2 aromatic carbocycles. The summed E-state index contributed by atoms with van der Waals surface area (Å²) in [5.41, 5.74) is -0.504. The Balaban J connectivity index is 2.02. The van der Waals surface area contributed by atoms with Crippen LogP contribution in [0.25, 0.3) is 0 Å². The van der Waals surface area contributed by atoms with Crippen LogP contribution in [-0.4, -0.2) is 57.9 Å². The second kappa shape index (κ2) is 10.6. The van der Waals surface area contributed by atoms with Gasteiger partial charge in [-0.15, -0.1) is 0 Å². The van der Waals surface area contributed by atoms with E-state index in [2.05, 4.69) is 10.2 Å². The SMILES string of the molecule is CCOc1c(N[C@@H](Cc2ccc(OCCCN(C)C)cc2)C(=O)OC)c(=O)c1=O. The Labute approximate surface area is 170 Å². The molecule has 0 radical (unpaired) electrons. The van der Waals surface area contributed by atoms with E-state index in [0.717, 1.165) is 24.3 Å². The van der Waals surface area contributed by atoms with Crippen molar-refractivity contribution < 1.29 is 19.0 Å². The number of rotatable bonds is 12. The van der Waals surface area contributed by atoms with Crippen LogP contribution in [0, 0.1) is 0 Å². The Morgan fingerprint density at radius 1 is 1.10 bits per heavy atom. The summed E-state index contributed by atoms with van der Waals surface area (Å²) in [7, 11) is 5.30. The number of nitrogens with one attached hydrogen (secondary N) is 1. The molecule has 0 unspecified atom stereocenters. The van der Waals surface area contributed by atoms with Crippen LogP contribution in [0.4, 0.5) is 5.69 Å². The summed E-state index contributed by atoms with van der Waals surface area (Å²) in [5.74, 6) is 0.175. The summed E-state index contributed by atoms with van der Waals surface area (Å²) in [6.45, 7) is 3.53. The molecular formula is C21H28N2O6. The van der Waals surface area contributed by atoms with Crippen molar-refractivity contribution in [2.24, 2.45) is 0 Å². The highest BCUT2D eigenvalue weighted by Crippen LogP contribution is 2.21. The van der Waals surface area contributed by atoms with Crippen LogP contribution in [0.3, 0.4) is 0 Å². The second-order valence-corrected chi connectivity index (χ2v) is 6.87. The predicted octanol–water partition coefficient (Wildman–Crippen LogP) is 1.21. The first-order valence-corrected chi connectivity index (χ1v) is 9.54. The van der Waals surface area contributed by atoms with Crippen molar-refractivity contribution in [2.75, 3.05) is 46.3 Å². The van der Waals surface area contributed by atoms with E-state index in [-0.39, 0.29) is 24.5 Å². The zero-order valence-corrected chi connectivity index (χ0v) is 17.3. The van der Waals surface area contributed by atoms with Crippen LogP contribution in [0.1, 0.15) is 18.9 Å². The van der Waals surface area contributed by atoms with Gasteiger partial charge in [-0.1, -0.05) is 12.1 Å². The van der Waals surface area contributed by atoms with Gasteiger partial charge in [-0.2, -0.15) is 0 Å². The Morgan fingerprint density at radius 3 is 2.38 bits per heavy atom. The summed E-state index contributed by atoms with van der Waals surface area (Å²) in [5, 5.41) is 2.81. The molecule has 1 atom stereocenters. The fourth-order valence-electron chi connectivity index (χ4n) is 2.82. The molecule has 2 aromatic rings. The molecule has 0 saturated carbocycles. The lowest BCUT2D eigenvalue weighted by molar-refractivity contribution is -0.141. The van der Waals surface area contributed by atoms with Crippen LogP contribution >= 0.6 is 0 Å². The Hall–Kier alpha value is -2.87. The molecule has 0 heterocycles. The molecule has 0 aliphatic carbocycles. The molecular weight excluding hydrogens is 376 g/mol. The first kappa shape index (κ1) is 22.4. The van der Waals surface area contributed by atoms with Crippen molar-refractivity contribution in [1.29, 1.82) is 0 Å². The van der Waals surface area contributed by atoms with Gasteiger partial charge >= 0.3 is 5.97 Å². The van der Waals surface area contributed by atoms with Gasteiger partial charge in [-0.25, -0.2) is 4.79 Å². The molecule has 0 saturated heterocycles. The van der Waals surface area contributed by atoms with Gasteiger partial charge in [0.1, 0.15) is 17.5 Å². The third kappa shape index (κ3) is 6.05. The lowest BCUT2D eigenvalue weighted by Gasteiger charge is -2.20. The van der Waals surface area contributed by atoms with Crippen molar-refractivity contribution in [1.82, 2.24) is 4.90 Å². The molecule has 8 heteroatoms. The van der Waals surface area contributed by atoms with Crippen LogP contribution < -0.4 is 25.6 Å². The highest BCUT2D eigenvalue weighted by molar-refractivity contribution is 5.81. The molecule has 29 heavy (non-hydrogen) atoms. The summed E-state index contributed by atoms with van der Waals surface area (Å²) >= 11 is 0. The van der Waals surface area contributed by atoms with E-state index < -0.39 is 22.9 Å². The topological polar surface area (TPSA) is 94.2 Å². The van der Waals surface area contributed by atoms with Crippen LogP contribution in [-0.2, 0) is 16.0 Å². The smallest absolute Gasteiger partial charge is 0.328 e. The summed E-state index contributed by atoms with van der Waals surface area (Å²) in [4.78, 5) is 37.7. The molecule has 0 aliphatic rings. The number of esters is 1. The van der Waals surface area contributed by atoms with Crippen molar-refractivity contribution in [2.45, 2.75) is 25.8 Å². The zero-order valence-electron chi connectivity index (χ0n) is 17.3. The third-order valence-corrected chi connectivity index (χ3v) is 4.34. The number of anilines is 1. The third-order valence-electron chi connectivity index (χ3n) is 4.34. The number of benzene rings is 1. The van der Waals surface area contributed by atoms with Gasteiger partial charge in [0.25, 0.3) is 10.9 Å². The van der Waals surface area contributed by atoms with Gasteiger partial charge in [0.05, 0.1) is 20.3 Å². The highest BCUT2D eigenvalue weighted by atomic mass is 16.5. The molecule has 0 fully saturated rings. The number of carbonyl (C=O) groups excluding carboxylic acids is 1. The maximum atomic E-state index is 12.2. The molecule has 0 amide bonds. The maximum Gasteiger partial charge on any atom is 0.328 e. The van der Waals surface area contributed by atoms with Crippen molar-refractivity contribution >= 4 is 11.7 Å². The Morgan fingerprint density at radius 2 is 1.79 bits per heavy atom. The van der Waals surface area contributed by atoms with Gasteiger partial charge in [0.2, 0.25) is 0 Å². The lowest BCUT2D eigenvalue weighted by Crippen LogP contribution is -2.41. The molecule has 1 N–H and O–H groups in total. The van der Waals surface area contributed by atoms with Gasteiger partial charge in [-0.3, -0.25) is 9.59 Å². The first-order chi connectivity index (χ1) is 13.9. The zero-order chi connectivity index (χ0) is 21.4. The molecule has 158 valence electrons. The van der Waals surface area contributed by atoms with Crippen LogP contribution in [0.15, 0.2) is 33.9 Å². The molecule has 0 aliphatic heterocycles.